The lowest BCUT2D eigenvalue weighted by Crippen LogP contribution is -2.52. The number of nitrogens with zero attached hydrogens (tertiary/aromatic N) is 4. The van der Waals surface area contributed by atoms with Crippen LogP contribution < -0.4 is 4.90 Å². The van der Waals surface area contributed by atoms with Gasteiger partial charge in [0.1, 0.15) is 4.90 Å². The van der Waals surface area contributed by atoms with Gasteiger partial charge in [0.2, 0.25) is 15.9 Å². The number of benzene rings is 2. The molecule has 0 radical (unpaired) electrons. The summed E-state index contributed by atoms with van der Waals surface area (Å²) in [7, 11) is -3.68. The third kappa shape index (κ3) is 4.75. The second kappa shape index (κ2) is 9.76. The molecule has 9 heteroatoms. The number of pyridine rings is 1. The predicted molar refractivity (Wildman–Crippen MR) is 138 cm³/mol. The number of piperidine rings is 1. The summed E-state index contributed by atoms with van der Waals surface area (Å²) in [5, 5.41) is 1.51. The van der Waals surface area contributed by atoms with Crippen LogP contribution in [0.4, 0.5) is 5.69 Å². The summed E-state index contributed by atoms with van der Waals surface area (Å²) in [5.74, 6) is -0.0112. The molecule has 2 fully saturated rings. The number of aryl methyl sites for hydroxylation is 1. The Morgan fingerprint density at radius 2 is 1.69 bits per heavy atom. The van der Waals surface area contributed by atoms with Crippen molar-refractivity contribution in [2.45, 2.75) is 24.7 Å². The Labute approximate surface area is 211 Å². The van der Waals surface area contributed by atoms with Crippen LogP contribution in [-0.2, 0) is 14.8 Å². The van der Waals surface area contributed by atoms with Crippen molar-refractivity contribution in [3.63, 3.8) is 0 Å². The van der Waals surface area contributed by atoms with E-state index < -0.39 is 10.0 Å². The number of anilines is 1. The zero-order valence-electron chi connectivity index (χ0n) is 19.7. The van der Waals surface area contributed by atoms with Crippen LogP contribution in [0.3, 0.4) is 0 Å². The summed E-state index contributed by atoms with van der Waals surface area (Å²) in [6.45, 7) is 5.57. The average molecular weight is 513 g/mol. The van der Waals surface area contributed by atoms with Crippen LogP contribution in [0.25, 0.3) is 10.9 Å². The Kier molecular flexibility index (Phi) is 6.70. The van der Waals surface area contributed by atoms with Crippen molar-refractivity contribution >= 4 is 44.1 Å². The van der Waals surface area contributed by atoms with Gasteiger partial charge in [0, 0.05) is 67.5 Å². The van der Waals surface area contributed by atoms with Gasteiger partial charge in [-0.3, -0.25) is 9.78 Å². The number of carbonyl (C=O) groups excluding carboxylic acids is 1. The fourth-order valence-corrected chi connectivity index (χ4v) is 6.92. The van der Waals surface area contributed by atoms with Crippen LogP contribution in [-0.4, -0.2) is 67.8 Å². The van der Waals surface area contributed by atoms with E-state index in [1.807, 2.05) is 35.2 Å². The highest BCUT2D eigenvalue weighted by atomic mass is 35.5. The van der Waals surface area contributed by atoms with Gasteiger partial charge in [0.25, 0.3) is 0 Å². The number of piperazine rings is 1. The summed E-state index contributed by atoms with van der Waals surface area (Å²) in [6, 6.07) is 14.8. The van der Waals surface area contributed by atoms with Crippen LogP contribution in [0.1, 0.15) is 18.4 Å². The number of amides is 1. The van der Waals surface area contributed by atoms with Crippen LogP contribution in [0.15, 0.2) is 59.6 Å². The fraction of sp³-hybridized carbons (Fsp3) is 0.385. The monoisotopic (exact) mass is 512 g/mol. The Bertz CT molecular complexity index is 1340. The fourth-order valence-electron chi connectivity index (χ4n) is 5.12. The molecule has 7 nitrogen and oxygen atoms in total. The number of halogens is 1. The third-order valence-electron chi connectivity index (χ3n) is 7.12. The second-order valence-electron chi connectivity index (χ2n) is 9.25. The molecule has 2 aliphatic rings. The molecule has 2 saturated heterocycles. The maximum absolute atomic E-state index is 13.4. The van der Waals surface area contributed by atoms with E-state index in [-0.39, 0.29) is 16.7 Å². The molecule has 1 aromatic heterocycles. The number of sulfonamides is 1. The Balaban J connectivity index is 1.21. The number of rotatable bonds is 4. The molecule has 0 saturated carbocycles. The smallest absolute Gasteiger partial charge is 0.245 e. The Morgan fingerprint density at radius 1 is 0.971 bits per heavy atom. The standard InChI is InChI=1S/C26H29ClN4O3S/c1-19-7-8-22(27)18-23(19)29-14-16-30(17-15-29)26(32)21-9-12-31(13-10-21)35(33,34)24-6-2-4-20-5-3-11-28-25(20)24/h2-8,11,18,21H,9-10,12-17H2,1H3. The van der Waals surface area contributed by atoms with Crippen LogP contribution in [0.2, 0.25) is 5.02 Å². The minimum atomic E-state index is -3.68. The summed E-state index contributed by atoms with van der Waals surface area (Å²) < 4.78 is 28.3. The highest BCUT2D eigenvalue weighted by Gasteiger charge is 2.35. The number of para-hydroxylation sites is 1. The molecular formula is C26H29ClN4O3S. The zero-order chi connectivity index (χ0) is 24.6. The Hall–Kier alpha value is -2.68. The highest BCUT2D eigenvalue weighted by molar-refractivity contribution is 7.89. The minimum Gasteiger partial charge on any atom is -0.368 e. The molecule has 0 atom stereocenters. The van der Waals surface area contributed by atoms with E-state index in [2.05, 4.69) is 16.8 Å². The quantitative estimate of drug-likeness (QED) is 0.529. The lowest BCUT2D eigenvalue weighted by Gasteiger charge is -2.39. The molecule has 184 valence electrons. The van der Waals surface area contributed by atoms with Gasteiger partial charge in [0.05, 0.1) is 5.52 Å². The minimum absolute atomic E-state index is 0.136. The summed E-state index contributed by atoms with van der Waals surface area (Å²) in [6.07, 6.45) is 2.67. The predicted octanol–water partition coefficient (Wildman–Crippen LogP) is 3.95. The topological polar surface area (TPSA) is 73.8 Å². The molecule has 3 heterocycles. The van der Waals surface area contributed by atoms with Crippen molar-refractivity contribution < 1.29 is 13.2 Å². The molecule has 3 aromatic rings. The SMILES string of the molecule is Cc1ccc(Cl)cc1N1CCN(C(=O)C2CCN(S(=O)(=O)c3cccc4cccnc34)CC2)CC1. The Morgan fingerprint density at radius 3 is 2.43 bits per heavy atom. The number of aromatic nitrogens is 1. The summed E-state index contributed by atoms with van der Waals surface area (Å²) in [4.78, 5) is 22.0. The molecule has 0 unspecified atom stereocenters. The molecule has 35 heavy (non-hydrogen) atoms. The van der Waals surface area contributed by atoms with Gasteiger partial charge in [0.15, 0.2) is 0 Å². The molecule has 2 aliphatic heterocycles. The van der Waals surface area contributed by atoms with Crippen molar-refractivity contribution in [1.29, 1.82) is 0 Å². The molecule has 0 spiro atoms. The van der Waals surface area contributed by atoms with E-state index in [0.29, 0.717) is 49.6 Å². The average Bonchev–Trinajstić information content (AvgIpc) is 2.89. The first-order chi connectivity index (χ1) is 16.8. The summed E-state index contributed by atoms with van der Waals surface area (Å²) in [5.41, 5.74) is 2.77. The van der Waals surface area contributed by atoms with Crippen molar-refractivity contribution in [3.05, 3.63) is 65.3 Å². The molecule has 1 amide bonds. The van der Waals surface area contributed by atoms with Gasteiger partial charge in [-0.1, -0.05) is 35.9 Å². The van der Waals surface area contributed by atoms with E-state index >= 15 is 0 Å². The first kappa shape index (κ1) is 24.0. The first-order valence-electron chi connectivity index (χ1n) is 12.0. The first-order valence-corrected chi connectivity index (χ1v) is 13.8. The number of fused-ring (bicyclic) bond motifs is 1. The highest BCUT2D eigenvalue weighted by Crippen LogP contribution is 2.30. The lowest BCUT2D eigenvalue weighted by atomic mass is 9.96. The maximum Gasteiger partial charge on any atom is 0.245 e. The molecule has 2 aromatic carbocycles. The second-order valence-corrected chi connectivity index (χ2v) is 11.6. The van der Waals surface area contributed by atoms with E-state index in [1.54, 1.807) is 24.4 Å². The third-order valence-corrected chi connectivity index (χ3v) is 9.29. The van der Waals surface area contributed by atoms with Crippen molar-refractivity contribution in [2.75, 3.05) is 44.2 Å². The molecule has 0 N–H and O–H groups in total. The van der Waals surface area contributed by atoms with Gasteiger partial charge in [-0.25, -0.2) is 8.42 Å². The van der Waals surface area contributed by atoms with Gasteiger partial charge in [-0.2, -0.15) is 4.31 Å². The van der Waals surface area contributed by atoms with Crippen molar-refractivity contribution in [1.82, 2.24) is 14.2 Å². The maximum atomic E-state index is 13.4. The largest absolute Gasteiger partial charge is 0.368 e. The molecule has 0 aliphatic carbocycles. The summed E-state index contributed by atoms with van der Waals surface area (Å²) >= 11 is 6.19. The molecule has 0 bridgehead atoms. The van der Waals surface area contributed by atoms with E-state index in [0.717, 1.165) is 24.2 Å². The van der Waals surface area contributed by atoms with Gasteiger partial charge >= 0.3 is 0 Å². The van der Waals surface area contributed by atoms with E-state index in [1.165, 1.54) is 9.87 Å². The number of carbonyl (C=O) groups is 1. The zero-order valence-corrected chi connectivity index (χ0v) is 21.3. The van der Waals surface area contributed by atoms with E-state index in [4.69, 9.17) is 11.6 Å². The van der Waals surface area contributed by atoms with Crippen molar-refractivity contribution in [3.8, 4) is 0 Å². The van der Waals surface area contributed by atoms with Crippen LogP contribution in [0.5, 0.6) is 0 Å². The normalized spacial score (nSPS) is 18.2. The van der Waals surface area contributed by atoms with Gasteiger partial charge in [-0.15, -0.1) is 0 Å². The van der Waals surface area contributed by atoms with Gasteiger partial charge in [-0.05, 0) is 49.6 Å². The van der Waals surface area contributed by atoms with Gasteiger partial charge < -0.3 is 9.80 Å². The number of hydrogen-bond donors (Lipinski definition) is 0. The molecule has 5 rings (SSSR count). The van der Waals surface area contributed by atoms with E-state index in [9.17, 15) is 13.2 Å². The van der Waals surface area contributed by atoms with Crippen LogP contribution >= 0.6 is 11.6 Å². The van der Waals surface area contributed by atoms with Crippen molar-refractivity contribution in [2.24, 2.45) is 5.92 Å². The molecular weight excluding hydrogens is 484 g/mol. The van der Waals surface area contributed by atoms with Crippen LogP contribution in [0, 0.1) is 12.8 Å². The lowest BCUT2D eigenvalue weighted by molar-refractivity contribution is -0.137. The number of hydrogen-bond acceptors (Lipinski definition) is 5.